The Balaban J connectivity index is 1.65. The van der Waals surface area contributed by atoms with Crippen LogP contribution in [-0.2, 0) is 4.79 Å². The number of rotatable bonds is 6. The summed E-state index contributed by atoms with van der Waals surface area (Å²) < 4.78 is 16.7. The standard InChI is InChI=1S/C21H23ClFN3O4/c22-5-1-2-19(27)25-8-6-24(7-9-25)18-11-17-14(10-16(18)23)20(28)15(21(29)30)12-26(17)13-3-4-13/h10-13H,1-9H2,(H,29,30). The highest BCUT2D eigenvalue weighted by Crippen LogP contribution is 2.38. The summed E-state index contributed by atoms with van der Waals surface area (Å²) in [4.78, 5) is 39.9. The van der Waals surface area contributed by atoms with Crippen molar-refractivity contribution in [1.29, 1.82) is 0 Å². The third kappa shape index (κ3) is 3.88. The molecule has 2 aliphatic rings. The Kier molecular flexibility index (Phi) is 5.69. The molecule has 7 nitrogen and oxygen atoms in total. The largest absolute Gasteiger partial charge is 0.477 e. The number of piperazine rings is 1. The second-order valence-corrected chi connectivity index (χ2v) is 8.17. The van der Waals surface area contributed by atoms with Crippen molar-refractivity contribution in [2.75, 3.05) is 37.0 Å². The van der Waals surface area contributed by atoms with Gasteiger partial charge in [0.2, 0.25) is 11.3 Å². The predicted molar refractivity (Wildman–Crippen MR) is 112 cm³/mol. The molecule has 30 heavy (non-hydrogen) atoms. The van der Waals surface area contributed by atoms with Gasteiger partial charge in [-0.1, -0.05) is 0 Å². The molecule has 0 bridgehead atoms. The number of aromatic carboxylic acids is 1. The van der Waals surface area contributed by atoms with Crippen LogP contribution in [-0.4, -0.2) is 58.5 Å². The van der Waals surface area contributed by atoms with Gasteiger partial charge in [-0.3, -0.25) is 9.59 Å². The summed E-state index contributed by atoms with van der Waals surface area (Å²) in [5.41, 5.74) is -0.100. The zero-order valence-corrected chi connectivity index (χ0v) is 17.2. The van der Waals surface area contributed by atoms with Crippen LogP contribution in [0.15, 0.2) is 23.1 Å². The van der Waals surface area contributed by atoms with E-state index in [9.17, 15) is 23.9 Å². The van der Waals surface area contributed by atoms with E-state index in [1.165, 1.54) is 6.20 Å². The Bertz CT molecular complexity index is 1060. The van der Waals surface area contributed by atoms with Crippen molar-refractivity contribution >= 4 is 40.1 Å². The van der Waals surface area contributed by atoms with E-state index in [1.54, 1.807) is 15.5 Å². The molecule has 1 saturated heterocycles. The van der Waals surface area contributed by atoms with Crippen LogP contribution in [0.5, 0.6) is 0 Å². The number of carboxylic acids is 1. The van der Waals surface area contributed by atoms with Gasteiger partial charge in [0, 0.05) is 56.1 Å². The number of fused-ring (bicyclic) bond motifs is 1. The highest BCUT2D eigenvalue weighted by Gasteiger charge is 2.29. The molecule has 1 N–H and O–H groups in total. The molecule has 1 aromatic carbocycles. The molecule has 1 amide bonds. The second-order valence-electron chi connectivity index (χ2n) is 7.80. The summed E-state index contributed by atoms with van der Waals surface area (Å²) in [6.45, 7) is 1.95. The molecule has 1 saturated carbocycles. The fraction of sp³-hybridized carbons (Fsp3) is 0.476. The van der Waals surface area contributed by atoms with Gasteiger partial charge in [-0.25, -0.2) is 9.18 Å². The fourth-order valence-corrected chi connectivity index (χ4v) is 4.11. The molecule has 0 radical (unpaired) electrons. The van der Waals surface area contributed by atoms with Crippen LogP contribution in [0.3, 0.4) is 0 Å². The van der Waals surface area contributed by atoms with E-state index in [0.29, 0.717) is 56.1 Å². The highest BCUT2D eigenvalue weighted by atomic mass is 35.5. The van der Waals surface area contributed by atoms with Crippen molar-refractivity contribution < 1.29 is 19.1 Å². The molecule has 9 heteroatoms. The maximum atomic E-state index is 15.0. The maximum absolute atomic E-state index is 15.0. The average Bonchev–Trinajstić information content (AvgIpc) is 3.57. The number of pyridine rings is 1. The lowest BCUT2D eigenvalue weighted by molar-refractivity contribution is -0.131. The smallest absolute Gasteiger partial charge is 0.341 e. The predicted octanol–water partition coefficient (Wildman–Crippen LogP) is 2.84. The van der Waals surface area contributed by atoms with Gasteiger partial charge in [-0.05, 0) is 31.4 Å². The van der Waals surface area contributed by atoms with Gasteiger partial charge in [0.25, 0.3) is 0 Å². The Morgan fingerprint density at radius 1 is 1.17 bits per heavy atom. The molecule has 2 heterocycles. The minimum atomic E-state index is -1.31. The van der Waals surface area contributed by atoms with Crippen LogP contribution in [0.4, 0.5) is 10.1 Å². The van der Waals surface area contributed by atoms with Crippen molar-refractivity contribution in [3.63, 3.8) is 0 Å². The van der Waals surface area contributed by atoms with Crippen molar-refractivity contribution in [2.45, 2.75) is 31.7 Å². The third-order valence-corrected chi connectivity index (χ3v) is 6.04. The first kappa shape index (κ1) is 20.7. The Morgan fingerprint density at radius 3 is 2.47 bits per heavy atom. The quantitative estimate of drug-likeness (QED) is 0.705. The van der Waals surface area contributed by atoms with Crippen LogP contribution >= 0.6 is 11.6 Å². The average molecular weight is 436 g/mol. The molecule has 0 spiro atoms. The Morgan fingerprint density at radius 2 is 1.87 bits per heavy atom. The monoisotopic (exact) mass is 435 g/mol. The van der Waals surface area contributed by atoms with E-state index in [1.807, 2.05) is 4.90 Å². The normalized spacial score (nSPS) is 16.9. The topological polar surface area (TPSA) is 82.8 Å². The number of carboxylic acid groups (broad SMARTS) is 1. The lowest BCUT2D eigenvalue weighted by atomic mass is 10.1. The number of aromatic nitrogens is 1. The number of halogens is 2. The molecule has 2 fully saturated rings. The summed E-state index contributed by atoms with van der Waals surface area (Å²) in [5, 5.41) is 9.43. The van der Waals surface area contributed by atoms with E-state index in [0.717, 1.165) is 18.9 Å². The molecular weight excluding hydrogens is 413 g/mol. The van der Waals surface area contributed by atoms with E-state index in [4.69, 9.17) is 11.6 Å². The van der Waals surface area contributed by atoms with Crippen LogP contribution in [0.2, 0.25) is 0 Å². The number of nitrogens with zero attached hydrogens (tertiary/aromatic N) is 3. The van der Waals surface area contributed by atoms with Gasteiger partial charge >= 0.3 is 5.97 Å². The number of hydrogen-bond donors (Lipinski definition) is 1. The number of carbonyl (C=O) groups is 2. The maximum Gasteiger partial charge on any atom is 0.341 e. The number of benzene rings is 1. The number of alkyl halides is 1. The first-order valence-electron chi connectivity index (χ1n) is 10.1. The van der Waals surface area contributed by atoms with E-state index < -0.39 is 17.2 Å². The van der Waals surface area contributed by atoms with Gasteiger partial charge < -0.3 is 19.5 Å². The summed E-state index contributed by atoms with van der Waals surface area (Å²) in [7, 11) is 0. The first-order valence-corrected chi connectivity index (χ1v) is 10.6. The Labute approximate surface area is 177 Å². The van der Waals surface area contributed by atoms with Crippen LogP contribution in [0, 0.1) is 5.82 Å². The second kappa shape index (κ2) is 8.26. The van der Waals surface area contributed by atoms with E-state index in [2.05, 4.69) is 0 Å². The summed E-state index contributed by atoms with van der Waals surface area (Å²) in [5.74, 6) is -1.37. The number of hydrogen-bond acceptors (Lipinski definition) is 4. The van der Waals surface area contributed by atoms with Crippen LogP contribution in [0.25, 0.3) is 10.9 Å². The highest BCUT2D eigenvalue weighted by molar-refractivity contribution is 6.17. The van der Waals surface area contributed by atoms with E-state index in [-0.39, 0.29) is 22.9 Å². The minimum Gasteiger partial charge on any atom is -0.477 e. The van der Waals surface area contributed by atoms with Gasteiger partial charge in [0.15, 0.2) is 0 Å². The number of amides is 1. The molecular formula is C21H23ClFN3O4. The molecule has 4 rings (SSSR count). The lowest BCUT2D eigenvalue weighted by Gasteiger charge is -2.36. The summed E-state index contributed by atoms with van der Waals surface area (Å²) in [6.07, 6.45) is 4.21. The first-order chi connectivity index (χ1) is 14.4. The summed E-state index contributed by atoms with van der Waals surface area (Å²) >= 11 is 5.65. The molecule has 1 aliphatic carbocycles. The molecule has 1 aromatic heterocycles. The zero-order chi connectivity index (χ0) is 21.4. The molecule has 0 unspecified atom stereocenters. The van der Waals surface area contributed by atoms with Crippen molar-refractivity contribution in [3.05, 3.63) is 39.9 Å². The van der Waals surface area contributed by atoms with Crippen LogP contribution < -0.4 is 10.3 Å². The van der Waals surface area contributed by atoms with Gasteiger partial charge in [-0.2, -0.15) is 0 Å². The Hall–Kier alpha value is -2.61. The van der Waals surface area contributed by atoms with Gasteiger partial charge in [0.1, 0.15) is 11.4 Å². The molecule has 160 valence electrons. The van der Waals surface area contributed by atoms with Crippen molar-refractivity contribution in [1.82, 2.24) is 9.47 Å². The number of anilines is 1. The molecule has 2 aromatic rings. The van der Waals surface area contributed by atoms with Crippen molar-refractivity contribution in [3.8, 4) is 0 Å². The molecule has 0 atom stereocenters. The zero-order valence-electron chi connectivity index (χ0n) is 16.4. The van der Waals surface area contributed by atoms with Crippen molar-refractivity contribution in [2.24, 2.45) is 0 Å². The third-order valence-electron chi connectivity index (χ3n) is 5.77. The van der Waals surface area contributed by atoms with Crippen LogP contribution in [0.1, 0.15) is 42.1 Å². The molecule has 1 aliphatic heterocycles. The number of carbonyl (C=O) groups excluding carboxylic acids is 1. The fourth-order valence-electron chi connectivity index (χ4n) is 3.98. The summed E-state index contributed by atoms with van der Waals surface area (Å²) in [6, 6.07) is 2.91. The minimum absolute atomic E-state index is 0.0538. The SMILES string of the molecule is O=C(O)c1cn(C2CC2)c2cc(N3CCN(C(=O)CCCCl)CC3)c(F)cc2c1=O. The lowest BCUT2D eigenvalue weighted by Crippen LogP contribution is -2.49. The van der Waals surface area contributed by atoms with Gasteiger partial charge in [0.05, 0.1) is 11.2 Å². The van der Waals surface area contributed by atoms with Gasteiger partial charge in [-0.15, -0.1) is 11.6 Å². The van der Waals surface area contributed by atoms with E-state index >= 15 is 0 Å².